The zero-order valence-electron chi connectivity index (χ0n) is 9.53. The number of hydrogen-bond donors (Lipinski definition) is 1. The fraction of sp³-hybridized carbons (Fsp3) is 0.455. The molecule has 1 N–H and O–H groups in total. The molecule has 0 unspecified atom stereocenters. The van der Waals surface area contributed by atoms with Crippen molar-refractivity contribution < 1.29 is 4.79 Å². The molecule has 0 saturated carbocycles. The lowest BCUT2D eigenvalue weighted by Crippen LogP contribution is -2.13. The summed E-state index contributed by atoms with van der Waals surface area (Å²) in [5.41, 5.74) is 1.18. The van der Waals surface area contributed by atoms with Gasteiger partial charge in [-0.1, -0.05) is 32.5 Å². The Balaban J connectivity index is 2.17. The molecule has 86 valence electrons. The van der Waals surface area contributed by atoms with Gasteiger partial charge in [0.1, 0.15) is 5.01 Å². The zero-order chi connectivity index (χ0) is 11.8. The predicted octanol–water partition coefficient (Wildman–Crippen LogP) is 2.60. The molecule has 0 radical (unpaired) electrons. The monoisotopic (exact) mass is 254 g/mol. The van der Waals surface area contributed by atoms with E-state index >= 15 is 0 Å². The third kappa shape index (κ3) is 2.65. The number of hydrogen-bond acceptors (Lipinski definition) is 4. The van der Waals surface area contributed by atoms with Crippen molar-refractivity contribution >= 4 is 35.1 Å². The van der Waals surface area contributed by atoms with Crippen molar-refractivity contribution in [3.63, 3.8) is 0 Å². The van der Waals surface area contributed by atoms with Gasteiger partial charge in [-0.2, -0.15) is 0 Å². The molecule has 2 heterocycles. The summed E-state index contributed by atoms with van der Waals surface area (Å²) in [7, 11) is 0. The van der Waals surface area contributed by atoms with Crippen LogP contribution in [0.2, 0.25) is 0 Å². The second kappa shape index (κ2) is 4.22. The van der Waals surface area contributed by atoms with Gasteiger partial charge < -0.3 is 5.32 Å². The van der Waals surface area contributed by atoms with Crippen molar-refractivity contribution in [2.75, 3.05) is 5.75 Å². The molecule has 1 aromatic heterocycles. The first-order chi connectivity index (χ1) is 7.45. The summed E-state index contributed by atoms with van der Waals surface area (Å²) in [6, 6.07) is 0. The van der Waals surface area contributed by atoms with Crippen molar-refractivity contribution in [3.8, 4) is 0 Å². The van der Waals surface area contributed by atoms with E-state index in [9.17, 15) is 4.79 Å². The van der Waals surface area contributed by atoms with Gasteiger partial charge in [-0.15, -0.1) is 11.3 Å². The van der Waals surface area contributed by atoms with Crippen molar-refractivity contribution in [1.82, 2.24) is 10.3 Å². The first-order valence-corrected chi connectivity index (χ1v) is 6.92. The van der Waals surface area contributed by atoms with Gasteiger partial charge in [0.2, 0.25) is 5.91 Å². The van der Waals surface area contributed by atoms with Crippen LogP contribution in [0.15, 0.2) is 10.4 Å². The highest BCUT2D eigenvalue weighted by molar-refractivity contribution is 8.04. The van der Waals surface area contributed by atoms with Crippen molar-refractivity contribution in [3.05, 3.63) is 21.1 Å². The topological polar surface area (TPSA) is 42.0 Å². The normalized spacial score (nSPS) is 19.2. The van der Waals surface area contributed by atoms with Crippen LogP contribution in [0, 0.1) is 0 Å². The Morgan fingerprint density at radius 2 is 2.25 bits per heavy atom. The average Bonchev–Trinajstić information content (AvgIpc) is 2.74. The number of rotatable bonds is 1. The van der Waals surface area contributed by atoms with Crippen LogP contribution in [0.1, 0.15) is 31.5 Å². The Bertz CT molecular complexity index is 443. The van der Waals surface area contributed by atoms with Gasteiger partial charge in [-0.05, 0) is 0 Å². The van der Waals surface area contributed by atoms with E-state index in [2.05, 4.69) is 36.5 Å². The molecule has 5 heteroatoms. The molecule has 2 rings (SSSR count). The predicted molar refractivity (Wildman–Crippen MR) is 69.4 cm³/mol. The van der Waals surface area contributed by atoms with Crippen LogP contribution in [0.5, 0.6) is 0 Å². The van der Waals surface area contributed by atoms with Gasteiger partial charge in [0, 0.05) is 16.9 Å². The summed E-state index contributed by atoms with van der Waals surface area (Å²) in [6.07, 6.45) is 1.94. The summed E-state index contributed by atoms with van der Waals surface area (Å²) < 4.78 is 0. The van der Waals surface area contributed by atoms with Gasteiger partial charge in [0.05, 0.1) is 16.5 Å². The molecule has 16 heavy (non-hydrogen) atoms. The lowest BCUT2D eigenvalue weighted by molar-refractivity contribution is -0.117. The average molecular weight is 254 g/mol. The second-order valence-electron chi connectivity index (χ2n) is 4.67. The number of nitrogens with one attached hydrogen (secondary N) is 1. The minimum Gasteiger partial charge on any atom is -0.320 e. The fourth-order valence-electron chi connectivity index (χ4n) is 1.24. The highest BCUT2D eigenvalue weighted by atomic mass is 32.2. The summed E-state index contributed by atoms with van der Waals surface area (Å²) in [6.45, 7) is 6.43. The molecular weight excluding hydrogens is 240 g/mol. The largest absolute Gasteiger partial charge is 0.320 e. The molecule has 1 amide bonds. The minimum atomic E-state index is 0.0730. The maximum Gasteiger partial charge on any atom is 0.235 e. The Hall–Kier alpha value is -0.810. The fourth-order valence-corrected chi connectivity index (χ4v) is 3.03. The van der Waals surface area contributed by atoms with Crippen LogP contribution in [-0.4, -0.2) is 16.6 Å². The number of carbonyl (C=O) groups excluding carboxylic acids is 1. The van der Waals surface area contributed by atoms with E-state index in [-0.39, 0.29) is 11.3 Å². The summed E-state index contributed by atoms with van der Waals surface area (Å²) >= 11 is 3.14. The first kappa shape index (κ1) is 11.7. The van der Waals surface area contributed by atoms with E-state index in [1.807, 2.05) is 6.08 Å². The highest BCUT2D eigenvalue weighted by Crippen LogP contribution is 2.27. The number of nitrogens with zero attached hydrogens (tertiary/aromatic N) is 1. The number of carbonyl (C=O) groups is 1. The molecule has 1 aliphatic heterocycles. The maximum atomic E-state index is 11.0. The van der Waals surface area contributed by atoms with Crippen LogP contribution in [-0.2, 0) is 10.2 Å². The number of aromatic nitrogens is 1. The molecule has 1 aliphatic rings. The Morgan fingerprint density at radius 3 is 2.75 bits per heavy atom. The molecule has 3 nitrogen and oxygen atoms in total. The van der Waals surface area contributed by atoms with Crippen molar-refractivity contribution in [2.45, 2.75) is 26.2 Å². The molecule has 0 spiro atoms. The molecule has 1 saturated heterocycles. The van der Waals surface area contributed by atoms with Crippen LogP contribution in [0.25, 0.3) is 6.08 Å². The smallest absolute Gasteiger partial charge is 0.235 e. The molecular formula is C11H14N2OS2. The van der Waals surface area contributed by atoms with Crippen molar-refractivity contribution in [1.29, 1.82) is 0 Å². The van der Waals surface area contributed by atoms with E-state index in [0.29, 0.717) is 5.75 Å². The minimum absolute atomic E-state index is 0.0730. The quantitative estimate of drug-likeness (QED) is 0.837. The third-order valence-electron chi connectivity index (χ3n) is 2.17. The number of thiazole rings is 1. The van der Waals surface area contributed by atoms with Crippen LogP contribution in [0.3, 0.4) is 0 Å². The molecule has 0 atom stereocenters. The van der Waals surface area contributed by atoms with Crippen LogP contribution >= 0.6 is 23.1 Å². The molecule has 0 aliphatic carbocycles. The van der Waals surface area contributed by atoms with E-state index in [0.717, 1.165) is 15.7 Å². The zero-order valence-corrected chi connectivity index (χ0v) is 11.2. The molecule has 1 fully saturated rings. The summed E-state index contributed by atoms with van der Waals surface area (Å²) in [4.78, 5) is 15.6. The summed E-state index contributed by atoms with van der Waals surface area (Å²) in [5, 5.41) is 6.74. The van der Waals surface area contributed by atoms with E-state index in [1.54, 1.807) is 11.3 Å². The molecule has 0 bridgehead atoms. The van der Waals surface area contributed by atoms with Crippen molar-refractivity contribution in [2.24, 2.45) is 0 Å². The lowest BCUT2D eigenvalue weighted by atomic mass is 9.93. The number of amides is 1. The van der Waals surface area contributed by atoms with E-state index in [1.165, 1.54) is 11.8 Å². The summed E-state index contributed by atoms with van der Waals surface area (Å²) in [5.74, 6) is 0.590. The van der Waals surface area contributed by atoms with Gasteiger partial charge in [-0.25, -0.2) is 4.98 Å². The third-order valence-corrected chi connectivity index (χ3v) is 3.90. The van der Waals surface area contributed by atoms with E-state index in [4.69, 9.17) is 0 Å². The van der Waals surface area contributed by atoms with Gasteiger partial charge in [0.15, 0.2) is 0 Å². The maximum absolute atomic E-state index is 11.0. The van der Waals surface area contributed by atoms with Gasteiger partial charge in [-0.3, -0.25) is 4.79 Å². The second-order valence-corrected chi connectivity index (χ2v) is 6.57. The molecule has 1 aromatic rings. The van der Waals surface area contributed by atoms with Gasteiger partial charge in [0.25, 0.3) is 0 Å². The van der Waals surface area contributed by atoms with E-state index < -0.39 is 0 Å². The standard InChI is InChI=1S/C11H14N2OS2/c1-11(2,3)7-5-15-9(12-7)4-10-13-8(14)6-16-10/h4-5H,6H2,1-3H3,(H,13,14). The van der Waals surface area contributed by atoms with Gasteiger partial charge >= 0.3 is 0 Å². The van der Waals surface area contributed by atoms with Crippen LogP contribution in [0.4, 0.5) is 0 Å². The Labute approximate surface area is 103 Å². The first-order valence-electron chi connectivity index (χ1n) is 5.05. The van der Waals surface area contributed by atoms with Crippen LogP contribution < -0.4 is 5.32 Å². The lowest BCUT2D eigenvalue weighted by Gasteiger charge is -2.13. The number of thioether (sulfide) groups is 1. The molecule has 0 aromatic carbocycles. The highest BCUT2D eigenvalue weighted by Gasteiger charge is 2.18. The Kier molecular flexibility index (Phi) is 3.08. The SMILES string of the molecule is CC(C)(C)c1csc(C=C2NC(=O)CS2)n1. The Morgan fingerprint density at radius 1 is 1.50 bits per heavy atom.